The van der Waals surface area contributed by atoms with Crippen LogP contribution in [-0.4, -0.2) is 68.2 Å². The normalized spacial score (nSPS) is 14.7. The molecule has 43 heavy (non-hydrogen) atoms. The number of likely N-dealkylation sites (N-methyl/N-ethyl adjacent to an activating group) is 1. The van der Waals surface area contributed by atoms with E-state index < -0.39 is 17.8 Å². The fourth-order valence-electron chi connectivity index (χ4n) is 5.37. The van der Waals surface area contributed by atoms with E-state index in [0.29, 0.717) is 13.1 Å². The van der Waals surface area contributed by atoms with Gasteiger partial charge in [-0.1, -0.05) is 30.3 Å². The van der Waals surface area contributed by atoms with Crippen LogP contribution in [0.15, 0.2) is 79.3 Å². The number of benzene rings is 2. The number of aryl methyl sites for hydroxylation is 1. The number of amides is 2. The van der Waals surface area contributed by atoms with Crippen LogP contribution in [0.1, 0.15) is 11.1 Å². The predicted molar refractivity (Wildman–Crippen MR) is 160 cm³/mol. The minimum atomic E-state index is -4.55. The van der Waals surface area contributed by atoms with E-state index in [0.717, 1.165) is 47.2 Å². The highest BCUT2D eigenvalue weighted by Gasteiger charge is 2.34. The summed E-state index contributed by atoms with van der Waals surface area (Å²) in [5.74, 6) is 0.268. The summed E-state index contributed by atoms with van der Waals surface area (Å²) >= 11 is 0. The van der Waals surface area contributed by atoms with Gasteiger partial charge in [0.1, 0.15) is 5.65 Å². The largest absolute Gasteiger partial charge is 0.416 e. The van der Waals surface area contributed by atoms with Crippen molar-refractivity contribution in [3.8, 4) is 22.4 Å². The first-order valence-electron chi connectivity index (χ1n) is 13.9. The van der Waals surface area contributed by atoms with Gasteiger partial charge in [-0.25, -0.2) is 9.78 Å². The first kappa shape index (κ1) is 28.4. The lowest BCUT2D eigenvalue weighted by molar-refractivity contribution is -0.138. The molecule has 0 saturated carbocycles. The molecule has 0 unspecified atom stereocenters. The van der Waals surface area contributed by atoms with Crippen LogP contribution >= 0.6 is 0 Å². The molecule has 1 aliphatic heterocycles. The first-order chi connectivity index (χ1) is 20.6. The molecule has 1 saturated heterocycles. The van der Waals surface area contributed by atoms with Crippen molar-refractivity contribution in [2.75, 3.05) is 43.9 Å². The van der Waals surface area contributed by atoms with Gasteiger partial charge in [0.05, 0.1) is 11.3 Å². The lowest BCUT2D eigenvalue weighted by Gasteiger charge is -2.33. The number of nitrogens with zero attached hydrogens (tertiary/aromatic N) is 6. The standard InChI is InChI=1S/C31H31F3N8O/c1-39-14-16-41(17-15-39)20-23-9-10-24(18-26(23)31(32,33)34)36-30(43)37-28-19-27(40(2)38-28)22-7-5-21(6-8-22)25-4-3-12-42-13-11-35-29(25)42/h3-13,18-19H,14-17,20H2,1-2H3,(H2,36,37,38,43). The average molecular weight is 589 g/mol. The quantitative estimate of drug-likeness (QED) is 0.262. The molecule has 0 radical (unpaired) electrons. The van der Waals surface area contributed by atoms with Gasteiger partial charge < -0.3 is 14.6 Å². The second-order valence-corrected chi connectivity index (χ2v) is 10.7. The highest BCUT2D eigenvalue weighted by atomic mass is 19.4. The molecule has 2 aromatic carbocycles. The van der Waals surface area contributed by atoms with Crippen LogP contribution in [0.4, 0.5) is 29.5 Å². The summed E-state index contributed by atoms with van der Waals surface area (Å²) in [5.41, 5.74) is 3.99. The summed E-state index contributed by atoms with van der Waals surface area (Å²) in [6, 6.07) is 16.8. The Balaban J connectivity index is 1.14. The monoisotopic (exact) mass is 588 g/mol. The van der Waals surface area contributed by atoms with E-state index in [9.17, 15) is 18.0 Å². The number of carbonyl (C=O) groups excluding carboxylic acids is 1. The molecule has 2 N–H and O–H groups in total. The minimum Gasteiger partial charge on any atom is -0.308 e. The molecule has 222 valence electrons. The molecule has 3 aromatic heterocycles. The van der Waals surface area contributed by atoms with Gasteiger partial charge >= 0.3 is 12.2 Å². The van der Waals surface area contributed by atoms with Crippen molar-refractivity contribution in [1.29, 1.82) is 0 Å². The summed E-state index contributed by atoms with van der Waals surface area (Å²) in [6.07, 6.45) is 1.05. The van der Waals surface area contributed by atoms with Crippen LogP contribution in [0.25, 0.3) is 28.0 Å². The van der Waals surface area contributed by atoms with Crippen LogP contribution < -0.4 is 10.6 Å². The van der Waals surface area contributed by atoms with Gasteiger partial charge in [-0.3, -0.25) is 14.9 Å². The fraction of sp³-hybridized carbons (Fsp3) is 0.258. The van der Waals surface area contributed by atoms with E-state index in [2.05, 4.69) is 25.6 Å². The molecule has 1 aliphatic rings. The summed E-state index contributed by atoms with van der Waals surface area (Å²) in [6.45, 7) is 3.23. The van der Waals surface area contributed by atoms with Gasteiger partial charge in [0.15, 0.2) is 5.82 Å². The molecule has 1 fully saturated rings. The number of rotatable bonds is 6. The molecule has 4 heterocycles. The van der Waals surface area contributed by atoms with Gasteiger partial charge in [0.2, 0.25) is 0 Å². The Morgan fingerprint density at radius 3 is 2.40 bits per heavy atom. The lowest BCUT2D eigenvalue weighted by Crippen LogP contribution is -2.44. The van der Waals surface area contributed by atoms with E-state index in [1.807, 2.05) is 65.1 Å². The Morgan fingerprint density at radius 1 is 0.907 bits per heavy atom. The van der Waals surface area contributed by atoms with E-state index in [4.69, 9.17) is 0 Å². The van der Waals surface area contributed by atoms with Crippen molar-refractivity contribution in [3.63, 3.8) is 0 Å². The third-order valence-electron chi connectivity index (χ3n) is 7.70. The molecule has 0 atom stereocenters. The number of nitrogens with one attached hydrogen (secondary N) is 2. The van der Waals surface area contributed by atoms with Crippen molar-refractivity contribution >= 4 is 23.2 Å². The smallest absolute Gasteiger partial charge is 0.308 e. The van der Waals surface area contributed by atoms with Gasteiger partial charge in [-0.15, -0.1) is 0 Å². The number of alkyl halides is 3. The van der Waals surface area contributed by atoms with Crippen LogP contribution in [0, 0.1) is 0 Å². The van der Waals surface area contributed by atoms with Crippen LogP contribution in [-0.2, 0) is 19.8 Å². The number of halogens is 3. The zero-order valence-electron chi connectivity index (χ0n) is 23.8. The Labute approximate surface area is 246 Å². The number of hydrogen-bond donors (Lipinski definition) is 2. The van der Waals surface area contributed by atoms with Crippen molar-refractivity contribution in [3.05, 3.63) is 90.4 Å². The Bertz CT molecular complexity index is 1750. The van der Waals surface area contributed by atoms with Crippen LogP contribution in [0.2, 0.25) is 0 Å². The second-order valence-electron chi connectivity index (χ2n) is 10.7. The molecule has 0 aliphatic carbocycles. The molecule has 2 amide bonds. The maximum absolute atomic E-state index is 13.9. The topological polar surface area (TPSA) is 82.7 Å². The highest BCUT2D eigenvalue weighted by Crippen LogP contribution is 2.35. The Kier molecular flexibility index (Phi) is 7.63. The maximum Gasteiger partial charge on any atom is 0.416 e. The third-order valence-corrected chi connectivity index (χ3v) is 7.70. The van der Waals surface area contributed by atoms with E-state index in [1.165, 1.54) is 12.1 Å². The van der Waals surface area contributed by atoms with E-state index in [1.54, 1.807) is 24.0 Å². The Hall–Kier alpha value is -4.68. The van der Waals surface area contributed by atoms with Crippen molar-refractivity contribution in [2.45, 2.75) is 12.7 Å². The van der Waals surface area contributed by atoms with Crippen molar-refractivity contribution in [1.82, 2.24) is 29.0 Å². The Morgan fingerprint density at radius 2 is 1.65 bits per heavy atom. The molecular weight excluding hydrogens is 557 g/mol. The molecular formula is C31H31F3N8O. The third kappa shape index (κ3) is 6.25. The molecule has 0 spiro atoms. The lowest BCUT2D eigenvalue weighted by atomic mass is 10.0. The molecule has 9 nitrogen and oxygen atoms in total. The first-order valence-corrected chi connectivity index (χ1v) is 13.9. The number of hydrogen-bond acceptors (Lipinski definition) is 5. The highest BCUT2D eigenvalue weighted by molar-refractivity contribution is 5.99. The zero-order chi connectivity index (χ0) is 30.1. The molecule has 0 bridgehead atoms. The van der Waals surface area contributed by atoms with Crippen LogP contribution in [0.5, 0.6) is 0 Å². The number of carbonyl (C=O) groups is 1. The minimum absolute atomic E-state index is 0.0474. The van der Waals surface area contributed by atoms with Gasteiger partial charge in [-0.05, 0) is 48.0 Å². The number of anilines is 2. The number of aromatic nitrogens is 4. The SMILES string of the molecule is CN1CCN(Cc2ccc(NC(=O)Nc3cc(-c4ccc(-c5cccn6ccnc56)cc4)n(C)n3)cc2C(F)(F)F)CC1. The van der Waals surface area contributed by atoms with E-state index >= 15 is 0 Å². The van der Waals surface area contributed by atoms with Gasteiger partial charge in [-0.2, -0.15) is 18.3 Å². The number of urea groups is 1. The predicted octanol–water partition coefficient (Wildman–Crippen LogP) is 5.81. The fourth-order valence-corrected chi connectivity index (χ4v) is 5.37. The van der Waals surface area contributed by atoms with Crippen molar-refractivity contribution in [2.24, 2.45) is 7.05 Å². The molecule has 12 heteroatoms. The summed E-state index contributed by atoms with van der Waals surface area (Å²) in [5, 5.41) is 9.52. The molecule has 6 rings (SSSR count). The number of imidazole rings is 1. The summed E-state index contributed by atoms with van der Waals surface area (Å²) < 4.78 is 45.4. The van der Waals surface area contributed by atoms with E-state index in [-0.39, 0.29) is 23.6 Å². The maximum atomic E-state index is 13.9. The number of pyridine rings is 1. The summed E-state index contributed by atoms with van der Waals surface area (Å²) in [4.78, 5) is 21.3. The second kappa shape index (κ2) is 11.5. The van der Waals surface area contributed by atoms with Crippen LogP contribution in [0.3, 0.4) is 0 Å². The van der Waals surface area contributed by atoms with Gasteiger partial charge in [0, 0.05) is 75.7 Å². The molecule has 5 aromatic rings. The van der Waals surface area contributed by atoms with Gasteiger partial charge in [0.25, 0.3) is 0 Å². The van der Waals surface area contributed by atoms with Crippen molar-refractivity contribution < 1.29 is 18.0 Å². The number of piperazine rings is 1. The summed E-state index contributed by atoms with van der Waals surface area (Å²) in [7, 11) is 3.75. The average Bonchev–Trinajstić information content (AvgIpc) is 3.61. The zero-order valence-corrected chi connectivity index (χ0v) is 23.8. The number of fused-ring (bicyclic) bond motifs is 1.